The van der Waals surface area contributed by atoms with Gasteiger partial charge in [0, 0.05) is 59.1 Å². The van der Waals surface area contributed by atoms with Crippen molar-refractivity contribution in [2.24, 2.45) is 4.99 Å². The first-order valence-corrected chi connectivity index (χ1v) is 15.6. The lowest BCUT2D eigenvalue weighted by atomic mass is 9.86. The highest BCUT2D eigenvalue weighted by Crippen LogP contribution is 2.46. The minimum absolute atomic E-state index is 0.0613. The summed E-state index contributed by atoms with van der Waals surface area (Å²) in [4.78, 5) is 23.6. The number of amides is 2. The Balaban J connectivity index is 1.70. The van der Waals surface area contributed by atoms with Crippen molar-refractivity contribution in [3.8, 4) is 5.75 Å². The Bertz CT molecular complexity index is 1420. The fourth-order valence-electron chi connectivity index (χ4n) is 5.33. The van der Waals surface area contributed by atoms with E-state index in [9.17, 15) is 4.79 Å². The zero-order chi connectivity index (χ0) is 29.3. The molecule has 9 heteroatoms. The molecule has 3 aromatic carbocycles. The molecule has 0 N–H and O–H groups in total. The lowest BCUT2D eigenvalue weighted by molar-refractivity contribution is 0.148. The number of carbonyl (C=O) groups excluding carboxylic acids is 1. The molecule has 41 heavy (non-hydrogen) atoms. The smallest absolute Gasteiger partial charge is 0.326 e. The predicted octanol–water partition coefficient (Wildman–Crippen LogP) is 8.32. The van der Waals surface area contributed by atoms with E-state index in [4.69, 9.17) is 32.9 Å². The first kappa shape index (κ1) is 30.1. The zero-order valence-corrected chi connectivity index (χ0v) is 27.4. The van der Waals surface area contributed by atoms with Gasteiger partial charge in [-0.15, -0.1) is 0 Å². The lowest BCUT2D eigenvalue weighted by Crippen LogP contribution is -2.52. The Morgan fingerprint density at radius 2 is 1.51 bits per heavy atom. The Labute approximate surface area is 266 Å². The van der Waals surface area contributed by atoms with Crippen LogP contribution in [0.5, 0.6) is 5.75 Å². The number of urea groups is 1. The molecule has 2 amide bonds. The van der Waals surface area contributed by atoms with Crippen LogP contribution in [0.15, 0.2) is 71.7 Å². The normalized spacial score (nSPS) is 19.8. The summed E-state index contributed by atoms with van der Waals surface area (Å²) < 4.78 is 8.43. The van der Waals surface area contributed by atoms with E-state index in [-0.39, 0.29) is 23.5 Å². The van der Waals surface area contributed by atoms with Gasteiger partial charge >= 0.3 is 6.03 Å². The first-order chi connectivity index (χ1) is 19.6. The molecule has 0 aromatic heterocycles. The van der Waals surface area contributed by atoms with E-state index in [1.54, 1.807) is 0 Å². The number of hydrogen-bond donors (Lipinski definition) is 0. The van der Waals surface area contributed by atoms with Crippen LogP contribution in [0.4, 0.5) is 4.79 Å². The van der Waals surface area contributed by atoms with Crippen LogP contribution in [0.25, 0.3) is 0 Å². The molecule has 0 spiro atoms. The summed E-state index contributed by atoms with van der Waals surface area (Å²) in [7, 11) is 0. The monoisotopic (exact) mass is 704 g/mol. The first-order valence-electron chi connectivity index (χ1n) is 13.9. The molecule has 1 fully saturated rings. The van der Waals surface area contributed by atoms with Gasteiger partial charge in [-0.25, -0.2) is 7.91 Å². The summed E-state index contributed by atoms with van der Waals surface area (Å²) in [6.07, 6.45) is 0. The second kappa shape index (κ2) is 12.5. The van der Waals surface area contributed by atoms with Gasteiger partial charge in [0.1, 0.15) is 17.6 Å². The summed E-state index contributed by atoms with van der Waals surface area (Å²) in [5, 5.41) is 1.29. The maximum Gasteiger partial charge on any atom is 0.326 e. The molecule has 216 valence electrons. The molecule has 2 aliphatic rings. The molecule has 2 atom stereocenters. The number of rotatable bonds is 5. The van der Waals surface area contributed by atoms with Crippen molar-refractivity contribution >= 4 is 57.9 Å². The van der Waals surface area contributed by atoms with Gasteiger partial charge < -0.3 is 9.64 Å². The highest BCUT2D eigenvalue weighted by molar-refractivity contribution is 14.1. The van der Waals surface area contributed by atoms with E-state index in [0.717, 1.165) is 41.1 Å². The lowest BCUT2D eigenvalue weighted by Gasteiger charge is -2.37. The summed E-state index contributed by atoms with van der Waals surface area (Å²) in [6, 6.07) is 20.9. The second-order valence-corrected chi connectivity index (χ2v) is 13.6. The Morgan fingerprint density at radius 1 is 0.927 bits per heavy atom. The van der Waals surface area contributed by atoms with E-state index in [1.807, 2.05) is 65.3 Å². The van der Waals surface area contributed by atoms with Crippen LogP contribution in [0.1, 0.15) is 62.0 Å². The number of benzene rings is 3. The Hall–Kier alpha value is -2.33. The largest absolute Gasteiger partial charge is 0.493 e. The fraction of sp³-hybridized carbons (Fsp3) is 0.375. The average molecular weight is 705 g/mol. The molecule has 2 aliphatic heterocycles. The van der Waals surface area contributed by atoms with E-state index < -0.39 is 0 Å². The maximum atomic E-state index is 14.5. The van der Waals surface area contributed by atoms with Crippen LogP contribution < -0.4 is 4.74 Å². The molecular formula is C32H35Cl2IN4O2. The molecule has 2 heterocycles. The van der Waals surface area contributed by atoms with Gasteiger partial charge in [-0.3, -0.25) is 9.89 Å². The van der Waals surface area contributed by atoms with E-state index in [0.29, 0.717) is 35.6 Å². The quantitative estimate of drug-likeness (QED) is 0.198. The van der Waals surface area contributed by atoms with Crippen LogP contribution in [-0.2, 0) is 5.41 Å². The Kier molecular flexibility index (Phi) is 9.19. The third kappa shape index (κ3) is 6.53. The topological polar surface area (TPSA) is 48.4 Å². The minimum atomic E-state index is -0.384. The summed E-state index contributed by atoms with van der Waals surface area (Å²) in [5.74, 6) is 1.33. The molecular weight excluding hydrogens is 670 g/mol. The minimum Gasteiger partial charge on any atom is -0.493 e. The SMILES string of the molecule is CCOc1cc(C(C)(C)C)ccc1C1=N[C@@H](c2ccc(Cl)cc2)[C@@H](c2ccc(Cl)cc2)N1C(=O)N1CCN(I)CC1. The number of amidine groups is 1. The van der Waals surface area contributed by atoms with Gasteiger partial charge in [0.25, 0.3) is 0 Å². The average Bonchev–Trinajstić information content (AvgIpc) is 3.34. The number of nitrogens with zero attached hydrogens (tertiary/aromatic N) is 4. The molecule has 0 bridgehead atoms. The van der Waals surface area contributed by atoms with Crippen molar-refractivity contribution in [1.29, 1.82) is 0 Å². The Morgan fingerprint density at radius 3 is 2.07 bits per heavy atom. The van der Waals surface area contributed by atoms with Crippen molar-refractivity contribution in [1.82, 2.24) is 12.9 Å². The van der Waals surface area contributed by atoms with Crippen molar-refractivity contribution in [3.05, 3.63) is 99.0 Å². The molecule has 5 rings (SSSR count). The van der Waals surface area contributed by atoms with Crippen LogP contribution in [-0.4, -0.2) is 57.6 Å². The number of ether oxygens (including phenoxy) is 1. The molecule has 6 nitrogen and oxygen atoms in total. The van der Waals surface area contributed by atoms with E-state index in [1.165, 1.54) is 0 Å². The standard InChI is InChI=1S/C32H35Cl2IN4O2/c1-5-41-27-20-23(32(2,3)4)10-15-26(27)30-36-28(21-6-11-24(33)12-7-21)29(22-8-13-25(34)14-9-22)39(30)31(40)37-16-18-38(35)19-17-37/h6-15,20,28-29H,5,16-19H2,1-4H3/t28-,29+/m0/s1. The summed E-state index contributed by atoms with van der Waals surface area (Å²) in [6.45, 7) is 11.9. The van der Waals surface area contributed by atoms with Gasteiger partial charge in [-0.05, 0) is 65.4 Å². The molecule has 3 aromatic rings. The molecule has 1 saturated heterocycles. The number of carbonyl (C=O) groups is 1. The van der Waals surface area contributed by atoms with Crippen LogP contribution in [0.2, 0.25) is 10.0 Å². The molecule has 0 unspecified atom stereocenters. The molecule has 0 radical (unpaired) electrons. The summed E-state index contributed by atoms with van der Waals surface area (Å²) in [5.41, 5.74) is 3.83. The highest BCUT2D eigenvalue weighted by atomic mass is 127. The predicted molar refractivity (Wildman–Crippen MR) is 176 cm³/mol. The maximum absolute atomic E-state index is 14.5. The number of halogens is 3. The van der Waals surface area contributed by atoms with E-state index in [2.05, 4.69) is 64.9 Å². The van der Waals surface area contributed by atoms with Crippen molar-refractivity contribution in [3.63, 3.8) is 0 Å². The van der Waals surface area contributed by atoms with E-state index >= 15 is 0 Å². The van der Waals surface area contributed by atoms with Crippen LogP contribution in [0.3, 0.4) is 0 Å². The number of piperazine rings is 1. The van der Waals surface area contributed by atoms with Gasteiger partial charge in [0.15, 0.2) is 0 Å². The van der Waals surface area contributed by atoms with Crippen LogP contribution in [0, 0.1) is 0 Å². The third-order valence-corrected chi connectivity index (χ3v) is 9.05. The van der Waals surface area contributed by atoms with Gasteiger partial charge in [0.05, 0.1) is 18.2 Å². The number of hydrogen-bond acceptors (Lipinski definition) is 4. The fourth-order valence-corrected chi connectivity index (χ4v) is 6.01. The van der Waals surface area contributed by atoms with Crippen molar-refractivity contribution in [2.45, 2.75) is 45.2 Å². The summed E-state index contributed by atoms with van der Waals surface area (Å²) >= 11 is 14.9. The van der Waals surface area contributed by atoms with Crippen molar-refractivity contribution in [2.75, 3.05) is 32.8 Å². The van der Waals surface area contributed by atoms with Crippen LogP contribution >= 0.6 is 46.1 Å². The van der Waals surface area contributed by atoms with Gasteiger partial charge in [-0.2, -0.15) is 0 Å². The molecule has 0 aliphatic carbocycles. The zero-order valence-electron chi connectivity index (χ0n) is 23.8. The van der Waals surface area contributed by atoms with Gasteiger partial charge in [0.2, 0.25) is 0 Å². The molecule has 0 saturated carbocycles. The third-order valence-electron chi connectivity index (χ3n) is 7.58. The highest BCUT2D eigenvalue weighted by Gasteiger charge is 2.45. The second-order valence-electron chi connectivity index (χ2n) is 11.4. The van der Waals surface area contributed by atoms with Gasteiger partial charge in [-0.1, -0.05) is 74.3 Å². The van der Waals surface area contributed by atoms with Crippen molar-refractivity contribution < 1.29 is 9.53 Å². The number of aliphatic imine (C=N–C) groups is 1.